The maximum absolute atomic E-state index is 11.9. The molecule has 0 atom stereocenters. The number of aryl methyl sites for hydroxylation is 1. The predicted octanol–water partition coefficient (Wildman–Crippen LogP) is 1.63. The number of thioether (sulfide) groups is 1. The number of imidazole rings is 1. The number of carbonyl (C=O) groups excluding carboxylic acids is 1. The first-order valence-corrected chi connectivity index (χ1v) is 7.26. The maximum atomic E-state index is 11.9. The molecule has 0 fully saturated rings. The van der Waals surface area contributed by atoms with Crippen molar-refractivity contribution in [2.24, 2.45) is 5.41 Å². The molecule has 94 valence electrons. The molecule has 4 nitrogen and oxygen atoms in total. The van der Waals surface area contributed by atoms with Crippen LogP contribution in [0.5, 0.6) is 0 Å². The standard InChI is InChI=1S/C12H19N3OS/c1-12(2)6-8-10(11(16)13-7-12)15-9(14-8)4-5-17-3/h4-7H2,1-3H3,(H,13,16)(H,14,15). The third-order valence-electron chi connectivity index (χ3n) is 2.97. The molecule has 0 unspecified atom stereocenters. The van der Waals surface area contributed by atoms with Gasteiger partial charge in [0.1, 0.15) is 11.5 Å². The van der Waals surface area contributed by atoms with Gasteiger partial charge >= 0.3 is 0 Å². The monoisotopic (exact) mass is 253 g/mol. The fraction of sp³-hybridized carbons (Fsp3) is 0.667. The molecule has 0 aliphatic carbocycles. The lowest BCUT2D eigenvalue weighted by atomic mass is 9.88. The van der Waals surface area contributed by atoms with Crippen molar-refractivity contribution in [2.75, 3.05) is 18.6 Å². The Bertz CT molecular complexity index is 425. The number of aromatic amines is 1. The lowest BCUT2D eigenvalue weighted by molar-refractivity contribution is 0.0940. The van der Waals surface area contributed by atoms with Gasteiger partial charge in [0.05, 0.1) is 0 Å². The number of fused-ring (bicyclic) bond motifs is 1. The van der Waals surface area contributed by atoms with E-state index in [9.17, 15) is 4.79 Å². The van der Waals surface area contributed by atoms with Gasteiger partial charge in [-0.3, -0.25) is 4.79 Å². The van der Waals surface area contributed by atoms with Gasteiger partial charge in [0.15, 0.2) is 0 Å². The lowest BCUT2D eigenvalue weighted by Gasteiger charge is -2.21. The summed E-state index contributed by atoms with van der Waals surface area (Å²) >= 11 is 1.79. The Labute approximate surface area is 106 Å². The van der Waals surface area contributed by atoms with Gasteiger partial charge in [-0.05, 0) is 18.1 Å². The van der Waals surface area contributed by atoms with Gasteiger partial charge in [-0.2, -0.15) is 11.8 Å². The van der Waals surface area contributed by atoms with E-state index in [4.69, 9.17) is 0 Å². The summed E-state index contributed by atoms with van der Waals surface area (Å²) in [6.45, 7) is 5.02. The molecule has 0 bridgehead atoms. The Balaban J connectivity index is 2.25. The smallest absolute Gasteiger partial charge is 0.271 e. The molecule has 1 aliphatic rings. The van der Waals surface area contributed by atoms with Gasteiger partial charge < -0.3 is 10.3 Å². The number of rotatable bonds is 3. The van der Waals surface area contributed by atoms with Crippen LogP contribution in [0.15, 0.2) is 0 Å². The van der Waals surface area contributed by atoms with Crippen LogP contribution in [-0.2, 0) is 12.8 Å². The van der Waals surface area contributed by atoms with E-state index in [0.717, 1.165) is 30.1 Å². The number of nitrogens with zero attached hydrogens (tertiary/aromatic N) is 1. The molecule has 0 saturated heterocycles. The maximum Gasteiger partial charge on any atom is 0.271 e. The summed E-state index contributed by atoms with van der Waals surface area (Å²) in [5, 5.41) is 2.93. The van der Waals surface area contributed by atoms with Crippen LogP contribution in [0.4, 0.5) is 0 Å². The second kappa shape index (κ2) is 4.72. The second-order valence-electron chi connectivity index (χ2n) is 5.28. The molecule has 0 aromatic carbocycles. The van der Waals surface area contributed by atoms with E-state index in [0.29, 0.717) is 12.2 Å². The summed E-state index contributed by atoms with van der Waals surface area (Å²) in [5.74, 6) is 1.91. The molecule has 1 aromatic rings. The number of H-pyrrole nitrogens is 1. The summed E-state index contributed by atoms with van der Waals surface area (Å²) < 4.78 is 0. The number of amides is 1. The van der Waals surface area contributed by atoms with Gasteiger partial charge in [0, 0.05) is 24.4 Å². The van der Waals surface area contributed by atoms with Gasteiger partial charge in [0.2, 0.25) is 0 Å². The molecule has 0 radical (unpaired) electrons. The van der Waals surface area contributed by atoms with Crippen molar-refractivity contribution >= 4 is 17.7 Å². The number of carbonyl (C=O) groups is 1. The van der Waals surface area contributed by atoms with Crippen molar-refractivity contribution in [3.05, 3.63) is 17.2 Å². The highest BCUT2D eigenvalue weighted by Crippen LogP contribution is 2.25. The first-order chi connectivity index (χ1) is 8.02. The first-order valence-electron chi connectivity index (χ1n) is 5.87. The minimum absolute atomic E-state index is 0.0442. The molecule has 1 amide bonds. The molecule has 1 aromatic heterocycles. The summed E-state index contributed by atoms with van der Waals surface area (Å²) in [6.07, 6.45) is 3.83. The van der Waals surface area contributed by atoms with E-state index < -0.39 is 0 Å². The van der Waals surface area contributed by atoms with Gasteiger partial charge in [-0.1, -0.05) is 13.8 Å². The summed E-state index contributed by atoms with van der Waals surface area (Å²) in [5.41, 5.74) is 1.66. The molecular formula is C12H19N3OS. The van der Waals surface area contributed by atoms with E-state index in [1.165, 1.54) is 0 Å². The molecule has 2 N–H and O–H groups in total. The number of hydrogen-bond donors (Lipinski definition) is 2. The van der Waals surface area contributed by atoms with Crippen LogP contribution in [-0.4, -0.2) is 34.4 Å². The second-order valence-corrected chi connectivity index (χ2v) is 6.26. The van der Waals surface area contributed by atoms with E-state index in [2.05, 4.69) is 35.4 Å². The summed E-state index contributed by atoms with van der Waals surface area (Å²) in [7, 11) is 0. The minimum Gasteiger partial charge on any atom is -0.350 e. The fourth-order valence-electron chi connectivity index (χ4n) is 2.04. The van der Waals surface area contributed by atoms with Crippen LogP contribution in [0.3, 0.4) is 0 Å². The highest BCUT2D eigenvalue weighted by atomic mass is 32.2. The average Bonchev–Trinajstić information content (AvgIpc) is 2.61. The predicted molar refractivity (Wildman–Crippen MR) is 70.5 cm³/mol. The minimum atomic E-state index is -0.0442. The van der Waals surface area contributed by atoms with E-state index in [-0.39, 0.29) is 11.3 Å². The molecular weight excluding hydrogens is 234 g/mol. The molecule has 2 rings (SSSR count). The van der Waals surface area contributed by atoms with Gasteiger partial charge in [0.25, 0.3) is 5.91 Å². The highest BCUT2D eigenvalue weighted by molar-refractivity contribution is 7.98. The van der Waals surface area contributed by atoms with Gasteiger partial charge in [-0.15, -0.1) is 0 Å². The Kier molecular flexibility index (Phi) is 3.47. The Morgan fingerprint density at radius 3 is 2.94 bits per heavy atom. The average molecular weight is 253 g/mol. The third-order valence-corrected chi connectivity index (χ3v) is 3.58. The van der Waals surface area contributed by atoms with Crippen molar-refractivity contribution in [2.45, 2.75) is 26.7 Å². The number of aromatic nitrogens is 2. The zero-order valence-corrected chi connectivity index (χ0v) is 11.4. The first kappa shape index (κ1) is 12.5. The quantitative estimate of drug-likeness (QED) is 0.860. The van der Waals surface area contributed by atoms with Crippen molar-refractivity contribution in [1.82, 2.24) is 15.3 Å². The Hall–Kier alpha value is -0.970. The third kappa shape index (κ3) is 2.83. The molecule has 0 saturated carbocycles. The van der Waals surface area contributed by atoms with Gasteiger partial charge in [-0.25, -0.2) is 4.98 Å². The van der Waals surface area contributed by atoms with Crippen molar-refractivity contribution in [1.29, 1.82) is 0 Å². The molecule has 0 spiro atoms. The fourth-order valence-corrected chi connectivity index (χ4v) is 2.44. The molecule has 2 heterocycles. The Morgan fingerprint density at radius 2 is 2.24 bits per heavy atom. The lowest BCUT2D eigenvalue weighted by Crippen LogP contribution is -2.32. The summed E-state index contributed by atoms with van der Waals surface area (Å²) in [6, 6.07) is 0. The van der Waals surface area contributed by atoms with Crippen LogP contribution in [0.1, 0.15) is 35.9 Å². The van der Waals surface area contributed by atoms with Crippen LogP contribution >= 0.6 is 11.8 Å². The zero-order valence-electron chi connectivity index (χ0n) is 10.6. The normalized spacial score (nSPS) is 18.4. The van der Waals surface area contributed by atoms with Crippen LogP contribution < -0.4 is 5.32 Å². The van der Waals surface area contributed by atoms with Crippen molar-refractivity contribution < 1.29 is 4.79 Å². The number of hydrogen-bond acceptors (Lipinski definition) is 3. The van der Waals surface area contributed by atoms with E-state index in [1.54, 1.807) is 11.8 Å². The number of nitrogens with one attached hydrogen (secondary N) is 2. The Morgan fingerprint density at radius 1 is 1.47 bits per heavy atom. The highest BCUT2D eigenvalue weighted by Gasteiger charge is 2.29. The van der Waals surface area contributed by atoms with Crippen LogP contribution in [0.2, 0.25) is 0 Å². The van der Waals surface area contributed by atoms with E-state index >= 15 is 0 Å². The van der Waals surface area contributed by atoms with Crippen molar-refractivity contribution in [3.8, 4) is 0 Å². The van der Waals surface area contributed by atoms with Crippen LogP contribution in [0.25, 0.3) is 0 Å². The SMILES string of the molecule is CSCCc1nc2c([nH]1)CC(C)(C)CNC2=O. The molecule has 5 heteroatoms. The largest absolute Gasteiger partial charge is 0.350 e. The zero-order chi connectivity index (χ0) is 12.5. The summed E-state index contributed by atoms with van der Waals surface area (Å²) in [4.78, 5) is 19.6. The molecule has 1 aliphatic heterocycles. The topological polar surface area (TPSA) is 57.8 Å². The van der Waals surface area contributed by atoms with E-state index in [1.807, 2.05) is 0 Å². The molecule has 17 heavy (non-hydrogen) atoms. The van der Waals surface area contributed by atoms with Crippen LogP contribution in [0, 0.1) is 5.41 Å². The van der Waals surface area contributed by atoms with Crippen molar-refractivity contribution in [3.63, 3.8) is 0 Å².